The van der Waals surface area contributed by atoms with Crippen molar-refractivity contribution in [3.8, 4) is 5.75 Å². The summed E-state index contributed by atoms with van der Waals surface area (Å²) in [6.45, 7) is 2.72. The summed E-state index contributed by atoms with van der Waals surface area (Å²) in [5, 5.41) is 14.6. The molecule has 1 aromatic carbocycles. The first-order chi connectivity index (χ1) is 9.75. The number of ether oxygens (including phenoxy) is 1. The van der Waals surface area contributed by atoms with Crippen molar-refractivity contribution in [2.75, 3.05) is 19.7 Å². The fourth-order valence-corrected chi connectivity index (χ4v) is 3.52. The average Bonchev–Trinajstić information content (AvgIpc) is 2.73. The van der Waals surface area contributed by atoms with Crippen molar-refractivity contribution in [3.63, 3.8) is 0 Å². The Morgan fingerprint density at radius 3 is 2.85 bits per heavy atom. The highest BCUT2D eigenvalue weighted by Gasteiger charge is 2.25. The molecule has 1 aromatic rings. The number of hydrogen-bond donors (Lipinski definition) is 2. The number of aliphatic hydroxyl groups excluding tert-OH is 1. The molecule has 0 aromatic heterocycles. The SMILES string of the molecule is OC(c1cc(Cl)c2c(c1)CCCCO2)C1CCNCC1. The van der Waals surface area contributed by atoms with Crippen LogP contribution >= 0.6 is 11.6 Å². The Bertz CT molecular complexity index is 472. The highest BCUT2D eigenvalue weighted by molar-refractivity contribution is 6.32. The Morgan fingerprint density at radius 2 is 2.05 bits per heavy atom. The molecule has 1 unspecified atom stereocenters. The molecule has 0 bridgehead atoms. The highest BCUT2D eigenvalue weighted by Crippen LogP contribution is 2.37. The number of halogens is 1. The van der Waals surface area contributed by atoms with Crippen LogP contribution in [0.4, 0.5) is 0 Å². The van der Waals surface area contributed by atoms with Crippen molar-refractivity contribution in [3.05, 3.63) is 28.3 Å². The van der Waals surface area contributed by atoms with Crippen LogP contribution in [-0.2, 0) is 6.42 Å². The summed E-state index contributed by atoms with van der Waals surface area (Å²) in [5.41, 5.74) is 2.10. The van der Waals surface area contributed by atoms with Gasteiger partial charge in [-0.2, -0.15) is 0 Å². The summed E-state index contributed by atoms with van der Waals surface area (Å²) in [6.07, 6.45) is 4.80. The van der Waals surface area contributed by atoms with Crippen LogP contribution in [-0.4, -0.2) is 24.8 Å². The number of aliphatic hydroxyl groups is 1. The number of rotatable bonds is 2. The second kappa shape index (κ2) is 6.33. The van der Waals surface area contributed by atoms with Gasteiger partial charge in [0.05, 0.1) is 17.7 Å². The first kappa shape index (κ1) is 14.2. The fraction of sp³-hybridized carbons (Fsp3) is 0.625. The van der Waals surface area contributed by atoms with E-state index in [4.69, 9.17) is 16.3 Å². The topological polar surface area (TPSA) is 41.5 Å². The maximum atomic E-state index is 10.6. The van der Waals surface area contributed by atoms with E-state index in [1.807, 2.05) is 6.07 Å². The van der Waals surface area contributed by atoms with E-state index >= 15 is 0 Å². The van der Waals surface area contributed by atoms with Crippen LogP contribution < -0.4 is 10.1 Å². The number of piperidine rings is 1. The monoisotopic (exact) mass is 295 g/mol. The Morgan fingerprint density at radius 1 is 1.25 bits per heavy atom. The fourth-order valence-electron chi connectivity index (χ4n) is 3.22. The summed E-state index contributed by atoms with van der Waals surface area (Å²) in [5.74, 6) is 1.16. The van der Waals surface area contributed by atoms with Crippen molar-refractivity contribution < 1.29 is 9.84 Å². The van der Waals surface area contributed by atoms with Gasteiger partial charge in [-0.15, -0.1) is 0 Å². The number of nitrogens with one attached hydrogen (secondary N) is 1. The molecule has 0 aliphatic carbocycles. The Kier molecular flexibility index (Phi) is 4.49. The van der Waals surface area contributed by atoms with Gasteiger partial charge in [0.25, 0.3) is 0 Å². The Hall–Kier alpha value is -0.770. The molecule has 3 rings (SSSR count). The van der Waals surface area contributed by atoms with E-state index in [1.165, 1.54) is 0 Å². The summed E-state index contributed by atoms with van der Waals surface area (Å²) < 4.78 is 5.74. The summed E-state index contributed by atoms with van der Waals surface area (Å²) in [7, 11) is 0. The van der Waals surface area contributed by atoms with Gasteiger partial charge >= 0.3 is 0 Å². The largest absolute Gasteiger partial charge is 0.492 e. The van der Waals surface area contributed by atoms with E-state index in [9.17, 15) is 5.11 Å². The van der Waals surface area contributed by atoms with Gasteiger partial charge in [-0.05, 0) is 74.4 Å². The first-order valence-corrected chi connectivity index (χ1v) is 7.97. The van der Waals surface area contributed by atoms with Crippen LogP contribution in [0.2, 0.25) is 5.02 Å². The molecule has 2 heterocycles. The number of hydrogen-bond acceptors (Lipinski definition) is 3. The minimum atomic E-state index is -0.414. The molecule has 3 nitrogen and oxygen atoms in total. The van der Waals surface area contributed by atoms with E-state index < -0.39 is 6.10 Å². The summed E-state index contributed by atoms with van der Waals surface area (Å²) >= 11 is 6.35. The van der Waals surface area contributed by atoms with Crippen molar-refractivity contribution >= 4 is 11.6 Å². The third-order valence-electron chi connectivity index (χ3n) is 4.40. The molecular weight excluding hydrogens is 274 g/mol. The summed E-state index contributed by atoms with van der Waals surface area (Å²) in [4.78, 5) is 0. The van der Waals surface area contributed by atoms with E-state index in [2.05, 4.69) is 11.4 Å². The lowest BCUT2D eigenvalue weighted by Crippen LogP contribution is -2.30. The smallest absolute Gasteiger partial charge is 0.141 e. The molecule has 2 N–H and O–H groups in total. The van der Waals surface area contributed by atoms with Crippen LogP contribution in [0, 0.1) is 5.92 Å². The zero-order valence-electron chi connectivity index (χ0n) is 11.7. The van der Waals surface area contributed by atoms with E-state index in [1.54, 1.807) is 0 Å². The number of fused-ring (bicyclic) bond motifs is 1. The molecule has 2 aliphatic rings. The Labute approximate surface area is 125 Å². The molecule has 110 valence electrons. The maximum absolute atomic E-state index is 10.6. The van der Waals surface area contributed by atoms with Crippen LogP contribution in [0.3, 0.4) is 0 Å². The predicted octanol–water partition coefficient (Wildman–Crippen LogP) is 3.09. The second-order valence-corrected chi connectivity index (χ2v) is 6.24. The van der Waals surface area contributed by atoms with Crippen molar-refractivity contribution in [1.29, 1.82) is 0 Å². The molecule has 0 amide bonds. The maximum Gasteiger partial charge on any atom is 0.141 e. The van der Waals surface area contributed by atoms with Gasteiger partial charge in [0, 0.05) is 0 Å². The first-order valence-electron chi connectivity index (χ1n) is 7.59. The number of aryl methyl sites for hydroxylation is 1. The molecule has 1 saturated heterocycles. The minimum absolute atomic E-state index is 0.331. The van der Waals surface area contributed by atoms with Gasteiger partial charge in [-0.1, -0.05) is 11.6 Å². The van der Waals surface area contributed by atoms with E-state index in [0.717, 1.165) is 68.7 Å². The normalized spacial score (nSPS) is 21.7. The lowest BCUT2D eigenvalue weighted by Gasteiger charge is -2.28. The predicted molar refractivity (Wildman–Crippen MR) is 80.4 cm³/mol. The molecule has 4 heteroatoms. The van der Waals surface area contributed by atoms with Crippen LogP contribution in [0.25, 0.3) is 0 Å². The zero-order valence-corrected chi connectivity index (χ0v) is 12.5. The minimum Gasteiger partial charge on any atom is -0.492 e. The molecule has 20 heavy (non-hydrogen) atoms. The van der Waals surface area contributed by atoms with Gasteiger partial charge in [-0.3, -0.25) is 0 Å². The Balaban J connectivity index is 1.86. The second-order valence-electron chi connectivity index (χ2n) is 5.83. The average molecular weight is 296 g/mol. The van der Waals surface area contributed by atoms with Crippen LogP contribution in [0.15, 0.2) is 12.1 Å². The zero-order chi connectivity index (χ0) is 13.9. The van der Waals surface area contributed by atoms with Crippen LogP contribution in [0.5, 0.6) is 5.75 Å². The van der Waals surface area contributed by atoms with Crippen molar-refractivity contribution in [1.82, 2.24) is 5.32 Å². The third kappa shape index (κ3) is 2.95. The quantitative estimate of drug-likeness (QED) is 0.881. The van der Waals surface area contributed by atoms with Crippen molar-refractivity contribution in [2.24, 2.45) is 5.92 Å². The lowest BCUT2D eigenvalue weighted by atomic mass is 9.87. The van der Waals surface area contributed by atoms with Gasteiger partial charge in [0.2, 0.25) is 0 Å². The van der Waals surface area contributed by atoms with Gasteiger partial charge in [0.1, 0.15) is 5.75 Å². The van der Waals surface area contributed by atoms with Gasteiger partial charge in [-0.25, -0.2) is 0 Å². The van der Waals surface area contributed by atoms with Crippen LogP contribution in [0.1, 0.15) is 42.9 Å². The lowest BCUT2D eigenvalue weighted by molar-refractivity contribution is 0.0888. The molecular formula is C16H22ClNO2. The molecule has 0 spiro atoms. The molecule has 1 fully saturated rings. The highest BCUT2D eigenvalue weighted by atomic mass is 35.5. The summed E-state index contributed by atoms with van der Waals surface area (Å²) in [6, 6.07) is 3.98. The molecule has 2 aliphatic heterocycles. The van der Waals surface area contributed by atoms with Gasteiger partial charge < -0.3 is 15.2 Å². The number of benzene rings is 1. The molecule has 1 atom stereocenters. The van der Waals surface area contributed by atoms with Gasteiger partial charge in [0.15, 0.2) is 0 Å². The van der Waals surface area contributed by atoms with E-state index in [-0.39, 0.29) is 0 Å². The van der Waals surface area contributed by atoms with E-state index in [0.29, 0.717) is 10.9 Å². The van der Waals surface area contributed by atoms with Crippen molar-refractivity contribution in [2.45, 2.75) is 38.2 Å². The standard InChI is InChI=1S/C16H22ClNO2/c17-14-10-13(15(19)11-4-6-18-7-5-11)9-12-3-1-2-8-20-16(12)14/h9-11,15,18-19H,1-8H2. The molecule has 0 saturated carbocycles. The third-order valence-corrected chi connectivity index (χ3v) is 4.68. The molecule has 0 radical (unpaired) electrons.